The lowest BCUT2D eigenvalue weighted by Gasteiger charge is -2.37. The van der Waals surface area contributed by atoms with Crippen molar-refractivity contribution in [2.24, 2.45) is 11.8 Å². The lowest BCUT2D eigenvalue weighted by molar-refractivity contribution is 0.158. The first kappa shape index (κ1) is 12.0. The average Bonchev–Trinajstić information content (AvgIpc) is 2.18. The average molecular weight is 199 g/mol. The number of rotatable bonds is 4. The van der Waals surface area contributed by atoms with E-state index in [1.54, 1.807) is 0 Å². The maximum Gasteiger partial charge on any atom is 0.0584 e. The molecule has 2 heteroatoms. The van der Waals surface area contributed by atoms with Crippen LogP contribution in [0.3, 0.4) is 0 Å². The Morgan fingerprint density at radius 3 is 2.29 bits per heavy atom. The van der Waals surface area contributed by atoms with Gasteiger partial charge in [-0.25, -0.2) is 0 Å². The summed E-state index contributed by atoms with van der Waals surface area (Å²) < 4.78 is 0. The van der Waals surface area contributed by atoms with Crippen LogP contribution < -0.4 is 5.32 Å². The highest BCUT2D eigenvalue weighted by Crippen LogP contribution is 2.29. The first-order valence-electron chi connectivity index (χ1n) is 6.06. The van der Waals surface area contributed by atoms with Crippen molar-refractivity contribution in [2.75, 3.05) is 6.61 Å². The summed E-state index contributed by atoms with van der Waals surface area (Å²) in [6.07, 6.45) is 5.07. The van der Waals surface area contributed by atoms with Crippen molar-refractivity contribution in [2.45, 2.75) is 58.5 Å². The molecule has 0 bridgehead atoms. The summed E-state index contributed by atoms with van der Waals surface area (Å²) in [7, 11) is 0. The number of hydrogen-bond acceptors (Lipinski definition) is 2. The van der Waals surface area contributed by atoms with Crippen molar-refractivity contribution in [1.29, 1.82) is 0 Å². The van der Waals surface area contributed by atoms with E-state index in [1.807, 2.05) is 0 Å². The lowest BCUT2D eigenvalue weighted by atomic mass is 9.78. The minimum Gasteiger partial charge on any atom is -0.395 e. The van der Waals surface area contributed by atoms with Crippen LogP contribution in [0.2, 0.25) is 0 Å². The zero-order valence-corrected chi connectivity index (χ0v) is 9.79. The summed E-state index contributed by atoms with van der Waals surface area (Å²) >= 11 is 0. The van der Waals surface area contributed by atoms with E-state index in [9.17, 15) is 0 Å². The van der Waals surface area contributed by atoms with Crippen LogP contribution in [0.1, 0.15) is 46.5 Å². The monoisotopic (exact) mass is 199 g/mol. The molecule has 2 unspecified atom stereocenters. The van der Waals surface area contributed by atoms with Crippen molar-refractivity contribution in [3.8, 4) is 0 Å². The van der Waals surface area contributed by atoms with Gasteiger partial charge in [0.15, 0.2) is 0 Å². The minimum absolute atomic E-state index is 0.270. The minimum atomic E-state index is 0.270. The van der Waals surface area contributed by atoms with Crippen LogP contribution >= 0.6 is 0 Å². The predicted octanol–water partition coefficient (Wildman–Crippen LogP) is 2.17. The number of hydrogen-bond donors (Lipinski definition) is 2. The third kappa shape index (κ3) is 2.96. The Bertz CT molecular complexity index is 146. The molecule has 1 aliphatic carbocycles. The topological polar surface area (TPSA) is 32.3 Å². The lowest BCUT2D eigenvalue weighted by Crippen LogP contribution is -2.48. The molecular formula is C12H25NO. The van der Waals surface area contributed by atoms with Crippen molar-refractivity contribution in [3.63, 3.8) is 0 Å². The second kappa shape index (κ2) is 5.72. The third-order valence-electron chi connectivity index (χ3n) is 3.69. The zero-order valence-electron chi connectivity index (χ0n) is 9.79. The van der Waals surface area contributed by atoms with Crippen LogP contribution in [0.25, 0.3) is 0 Å². The summed E-state index contributed by atoms with van der Waals surface area (Å²) in [5, 5.41) is 12.8. The summed E-state index contributed by atoms with van der Waals surface area (Å²) in [5.41, 5.74) is 0. The van der Waals surface area contributed by atoms with Crippen molar-refractivity contribution in [1.82, 2.24) is 5.32 Å². The van der Waals surface area contributed by atoms with E-state index in [0.29, 0.717) is 12.1 Å². The highest BCUT2D eigenvalue weighted by molar-refractivity contribution is 4.85. The number of aliphatic hydroxyl groups is 1. The Labute approximate surface area is 88.1 Å². The predicted molar refractivity (Wildman–Crippen MR) is 60.3 cm³/mol. The molecule has 2 nitrogen and oxygen atoms in total. The molecule has 2 N–H and O–H groups in total. The van der Waals surface area contributed by atoms with Gasteiger partial charge in [0.1, 0.15) is 0 Å². The van der Waals surface area contributed by atoms with Gasteiger partial charge in [0.25, 0.3) is 0 Å². The molecule has 0 spiro atoms. The normalized spacial score (nSPS) is 35.6. The number of nitrogens with one attached hydrogen (secondary N) is 1. The highest BCUT2D eigenvalue weighted by Gasteiger charge is 2.28. The molecule has 0 saturated heterocycles. The highest BCUT2D eigenvalue weighted by atomic mass is 16.3. The molecule has 0 heterocycles. The van der Waals surface area contributed by atoms with Crippen molar-refractivity contribution in [3.05, 3.63) is 0 Å². The molecule has 84 valence electrons. The van der Waals surface area contributed by atoms with Gasteiger partial charge in [0.2, 0.25) is 0 Å². The third-order valence-corrected chi connectivity index (χ3v) is 3.69. The van der Waals surface area contributed by atoms with Crippen molar-refractivity contribution >= 4 is 0 Å². The van der Waals surface area contributed by atoms with Gasteiger partial charge in [-0.2, -0.15) is 0 Å². The molecule has 3 atom stereocenters. The standard InChI is InChI=1S/C12H25NO/c1-4-11(8-14)13-12-9(2)6-5-7-10(12)3/h9-14H,4-8H2,1-3H3/t9?,10?,11-,12?/m1/s1. The van der Waals surface area contributed by atoms with Crippen LogP contribution in [-0.2, 0) is 0 Å². The van der Waals surface area contributed by atoms with Crippen LogP contribution in [0.5, 0.6) is 0 Å². The summed E-state index contributed by atoms with van der Waals surface area (Å²) in [6.45, 7) is 7.06. The van der Waals surface area contributed by atoms with E-state index in [4.69, 9.17) is 5.11 Å². The van der Waals surface area contributed by atoms with Gasteiger partial charge in [-0.05, 0) is 31.1 Å². The molecular weight excluding hydrogens is 174 g/mol. The van der Waals surface area contributed by atoms with Crippen LogP contribution in [0, 0.1) is 11.8 Å². The van der Waals surface area contributed by atoms with Gasteiger partial charge in [-0.1, -0.05) is 27.2 Å². The second-order valence-corrected chi connectivity index (χ2v) is 4.87. The first-order valence-corrected chi connectivity index (χ1v) is 6.06. The largest absolute Gasteiger partial charge is 0.395 e. The second-order valence-electron chi connectivity index (χ2n) is 4.87. The summed E-state index contributed by atoms with van der Waals surface area (Å²) in [4.78, 5) is 0. The molecule has 0 aliphatic heterocycles. The molecule has 14 heavy (non-hydrogen) atoms. The van der Waals surface area contributed by atoms with Gasteiger partial charge in [0, 0.05) is 12.1 Å². The molecule has 0 aromatic rings. The van der Waals surface area contributed by atoms with Gasteiger partial charge in [0.05, 0.1) is 6.61 Å². The Morgan fingerprint density at radius 1 is 1.29 bits per heavy atom. The Hall–Kier alpha value is -0.0800. The fourth-order valence-corrected chi connectivity index (χ4v) is 2.58. The molecule has 1 fully saturated rings. The molecule has 1 saturated carbocycles. The van der Waals surface area contributed by atoms with E-state index in [1.165, 1.54) is 19.3 Å². The van der Waals surface area contributed by atoms with Gasteiger partial charge in [-0.3, -0.25) is 0 Å². The Morgan fingerprint density at radius 2 is 1.86 bits per heavy atom. The maximum absolute atomic E-state index is 9.17. The molecule has 0 radical (unpaired) electrons. The van der Waals surface area contributed by atoms with Gasteiger partial charge >= 0.3 is 0 Å². The summed E-state index contributed by atoms with van der Waals surface area (Å²) in [5.74, 6) is 1.53. The van der Waals surface area contributed by atoms with E-state index in [0.717, 1.165) is 18.3 Å². The molecule has 1 rings (SSSR count). The Balaban J connectivity index is 2.46. The van der Waals surface area contributed by atoms with E-state index >= 15 is 0 Å². The van der Waals surface area contributed by atoms with E-state index in [-0.39, 0.29) is 6.61 Å². The Kier molecular flexibility index (Phi) is 4.90. The summed E-state index contributed by atoms with van der Waals surface area (Å²) in [6, 6.07) is 0.906. The van der Waals surface area contributed by atoms with Gasteiger partial charge < -0.3 is 10.4 Å². The van der Waals surface area contributed by atoms with Crippen LogP contribution in [0.15, 0.2) is 0 Å². The SMILES string of the molecule is CC[C@H](CO)NC1C(C)CCCC1C. The van der Waals surface area contributed by atoms with Crippen LogP contribution in [0.4, 0.5) is 0 Å². The molecule has 0 aromatic heterocycles. The number of aliphatic hydroxyl groups excluding tert-OH is 1. The fraction of sp³-hybridized carbons (Fsp3) is 1.00. The van der Waals surface area contributed by atoms with E-state index < -0.39 is 0 Å². The first-order chi connectivity index (χ1) is 6.69. The zero-order chi connectivity index (χ0) is 10.6. The van der Waals surface area contributed by atoms with Crippen LogP contribution in [-0.4, -0.2) is 23.8 Å². The quantitative estimate of drug-likeness (QED) is 0.727. The fourth-order valence-electron chi connectivity index (χ4n) is 2.58. The molecule has 1 aliphatic rings. The van der Waals surface area contributed by atoms with E-state index in [2.05, 4.69) is 26.1 Å². The smallest absolute Gasteiger partial charge is 0.0584 e. The van der Waals surface area contributed by atoms with Gasteiger partial charge in [-0.15, -0.1) is 0 Å². The maximum atomic E-state index is 9.17. The van der Waals surface area contributed by atoms with Crippen molar-refractivity contribution < 1.29 is 5.11 Å². The molecule has 0 amide bonds. The molecule has 0 aromatic carbocycles.